The fourth-order valence-corrected chi connectivity index (χ4v) is 4.47. The predicted octanol–water partition coefficient (Wildman–Crippen LogP) is 4.66. The van der Waals surface area contributed by atoms with Crippen LogP contribution in [-0.2, 0) is 0 Å². The number of hydrogen-bond acceptors (Lipinski definition) is 5. The number of carbonyl (C=O) groups is 1. The Kier molecular flexibility index (Phi) is 4.24. The largest absolute Gasteiger partial charge is 0.497 e. The Labute approximate surface area is 170 Å². The number of thioether (sulfide) groups is 1. The maximum Gasteiger partial charge on any atom is 0.196 e. The summed E-state index contributed by atoms with van der Waals surface area (Å²) in [7, 11) is 1.65. The molecule has 0 atom stereocenters. The highest BCUT2D eigenvalue weighted by atomic mass is 32.2. The molecule has 5 aromatic rings. The number of para-hydroxylation sites is 1. The first-order valence-corrected chi connectivity index (χ1v) is 10.2. The van der Waals surface area contributed by atoms with Gasteiger partial charge in [0.2, 0.25) is 0 Å². The first-order valence-electron chi connectivity index (χ1n) is 9.20. The molecule has 6 nitrogen and oxygen atoms in total. The Balaban J connectivity index is 1.52. The average Bonchev–Trinajstić information content (AvgIpc) is 3.36. The molecule has 3 aromatic heterocycles. The molecule has 0 aliphatic heterocycles. The number of Topliss-reactive ketones (excluding diaryl/α,β-unsaturated/α-hetero) is 1. The molecule has 1 N–H and O–H groups in total. The van der Waals surface area contributed by atoms with Crippen molar-refractivity contribution in [3.05, 3.63) is 65.9 Å². The van der Waals surface area contributed by atoms with Crippen LogP contribution < -0.4 is 4.74 Å². The van der Waals surface area contributed by atoms with E-state index in [9.17, 15) is 4.79 Å². The number of benzene rings is 2. The summed E-state index contributed by atoms with van der Waals surface area (Å²) in [5.74, 6) is 1.10. The second-order valence-electron chi connectivity index (χ2n) is 6.85. The van der Waals surface area contributed by atoms with Crippen LogP contribution in [0.2, 0.25) is 0 Å². The topological polar surface area (TPSA) is 72.3 Å². The first kappa shape index (κ1) is 17.8. The molecule has 2 aromatic carbocycles. The van der Waals surface area contributed by atoms with Crippen LogP contribution in [0.3, 0.4) is 0 Å². The number of hydrogen-bond donors (Lipinski definition) is 1. The summed E-state index contributed by atoms with van der Waals surface area (Å²) in [5, 5.41) is 11.4. The molecule has 0 unspecified atom stereocenters. The van der Waals surface area contributed by atoms with Crippen molar-refractivity contribution in [2.45, 2.75) is 12.1 Å². The third kappa shape index (κ3) is 2.94. The van der Waals surface area contributed by atoms with Crippen molar-refractivity contribution >= 4 is 45.0 Å². The first-order chi connectivity index (χ1) is 14.2. The summed E-state index contributed by atoms with van der Waals surface area (Å²) in [4.78, 5) is 16.0. The van der Waals surface area contributed by atoms with Crippen LogP contribution in [0.1, 0.15) is 15.9 Å². The normalized spacial score (nSPS) is 11.5. The summed E-state index contributed by atoms with van der Waals surface area (Å²) in [6.07, 6.45) is 1.78. The van der Waals surface area contributed by atoms with Gasteiger partial charge in [-0.2, -0.15) is 0 Å². The zero-order valence-corrected chi connectivity index (χ0v) is 16.8. The zero-order valence-electron chi connectivity index (χ0n) is 16.0. The van der Waals surface area contributed by atoms with E-state index in [1.54, 1.807) is 13.3 Å². The number of methoxy groups -OCH3 is 1. The smallest absolute Gasteiger partial charge is 0.196 e. The molecular formula is C22H18N4O2S. The number of aromatic nitrogens is 4. The summed E-state index contributed by atoms with van der Waals surface area (Å²) in [6.45, 7) is 2.05. The van der Waals surface area contributed by atoms with Crippen LogP contribution >= 0.6 is 11.8 Å². The van der Waals surface area contributed by atoms with Crippen LogP contribution in [-0.4, -0.2) is 38.2 Å². The summed E-state index contributed by atoms with van der Waals surface area (Å²) in [6, 6.07) is 15.8. The molecule has 0 saturated carbocycles. The number of fused-ring (bicyclic) bond motifs is 4. The molecular weight excluding hydrogens is 384 g/mol. The fraction of sp³-hybridized carbons (Fsp3) is 0.136. The lowest BCUT2D eigenvalue weighted by Gasteiger charge is -2.09. The number of nitrogens with zero attached hydrogens (tertiary/aromatic N) is 3. The molecule has 0 aliphatic rings. The quantitative estimate of drug-likeness (QED) is 0.342. The van der Waals surface area contributed by atoms with E-state index in [4.69, 9.17) is 4.74 Å². The van der Waals surface area contributed by atoms with Gasteiger partial charge in [-0.25, -0.2) is 0 Å². The molecule has 0 bridgehead atoms. The van der Waals surface area contributed by atoms with Crippen molar-refractivity contribution in [1.82, 2.24) is 19.6 Å². The lowest BCUT2D eigenvalue weighted by Crippen LogP contribution is -2.03. The molecule has 0 fully saturated rings. The fourth-order valence-electron chi connectivity index (χ4n) is 3.63. The Bertz CT molecular complexity index is 1390. The van der Waals surface area contributed by atoms with Gasteiger partial charge in [-0.3, -0.25) is 9.20 Å². The van der Waals surface area contributed by atoms with Gasteiger partial charge < -0.3 is 9.72 Å². The summed E-state index contributed by atoms with van der Waals surface area (Å²) < 4.78 is 7.38. The van der Waals surface area contributed by atoms with Crippen molar-refractivity contribution in [3.8, 4) is 5.75 Å². The SMILES string of the molecule is COc1ccc2c(C)cc3nnc(SCC(=O)c4c[nH]c5ccccc45)n3c2c1. The highest BCUT2D eigenvalue weighted by molar-refractivity contribution is 7.99. The van der Waals surface area contributed by atoms with Gasteiger partial charge in [0.25, 0.3) is 0 Å². The Morgan fingerprint density at radius 3 is 2.86 bits per heavy atom. The Hall–Kier alpha value is -3.32. The second kappa shape index (κ2) is 6.93. The van der Waals surface area contributed by atoms with Gasteiger partial charge in [-0.1, -0.05) is 30.0 Å². The van der Waals surface area contributed by atoms with Crippen LogP contribution in [0.25, 0.3) is 27.5 Å². The van der Waals surface area contributed by atoms with Gasteiger partial charge in [0.05, 0.1) is 18.4 Å². The maximum absolute atomic E-state index is 12.9. The summed E-state index contributed by atoms with van der Waals surface area (Å²) >= 11 is 1.39. The van der Waals surface area contributed by atoms with E-state index in [-0.39, 0.29) is 11.5 Å². The van der Waals surface area contributed by atoms with Gasteiger partial charge >= 0.3 is 0 Å². The number of ketones is 1. The average molecular weight is 402 g/mol. The zero-order chi connectivity index (χ0) is 20.0. The lowest BCUT2D eigenvalue weighted by atomic mass is 10.1. The van der Waals surface area contributed by atoms with Crippen molar-refractivity contribution < 1.29 is 9.53 Å². The highest BCUT2D eigenvalue weighted by Gasteiger charge is 2.16. The van der Waals surface area contributed by atoms with Crippen molar-refractivity contribution in [3.63, 3.8) is 0 Å². The predicted molar refractivity (Wildman–Crippen MR) is 115 cm³/mol. The van der Waals surface area contributed by atoms with Crippen molar-refractivity contribution in [1.29, 1.82) is 0 Å². The molecule has 29 heavy (non-hydrogen) atoms. The van der Waals surface area contributed by atoms with Crippen molar-refractivity contribution in [2.75, 3.05) is 12.9 Å². The van der Waals surface area contributed by atoms with Crippen LogP contribution in [0.4, 0.5) is 0 Å². The Morgan fingerprint density at radius 1 is 1.14 bits per heavy atom. The number of carbonyl (C=O) groups excluding carboxylic acids is 1. The highest BCUT2D eigenvalue weighted by Crippen LogP contribution is 2.29. The molecule has 0 spiro atoms. The van der Waals surface area contributed by atoms with E-state index in [1.165, 1.54) is 11.8 Å². The standard InChI is InChI=1S/C22H18N4O2S/c1-13-9-21-24-25-22(26(21)19-10-14(28-2)7-8-15(13)19)29-12-20(27)17-11-23-18-6-4-3-5-16(17)18/h3-11,23H,12H2,1-2H3. The lowest BCUT2D eigenvalue weighted by molar-refractivity contribution is 0.102. The Morgan fingerprint density at radius 2 is 2.00 bits per heavy atom. The second-order valence-corrected chi connectivity index (χ2v) is 7.79. The number of ether oxygens (including phenoxy) is 1. The minimum atomic E-state index is 0.0539. The summed E-state index contributed by atoms with van der Waals surface area (Å²) in [5.41, 5.74) is 4.50. The van der Waals surface area contributed by atoms with E-state index in [0.717, 1.165) is 38.8 Å². The molecule has 7 heteroatoms. The number of rotatable bonds is 5. The number of pyridine rings is 1. The monoisotopic (exact) mass is 402 g/mol. The van der Waals surface area contributed by atoms with E-state index in [2.05, 4.69) is 22.1 Å². The number of aryl methyl sites for hydroxylation is 1. The molecule has 5 rings (SSSR count). The molecule has 0 amide bonds. The third-order valence-corrected chi connectivity index (χ3v) is 6.03. The van der Waals surface area contributed by atoms with E-state index >= 15 is 0 Å². The van der Waals surface area contributed by atoms with Gasteiger partial charge in [0, 0.05) is 34.1 Å². The van der Waals surface area contributed by atoms with Gasteiger partial charge in [0.15, 0.2) is 16.6 Å². The van der Waals surface area contributed by atoms with Crippen LogP contribution in [0.5, 0.6) is 5.75 Å². The molecule has 0 saturated heterocycles. The van der Waals surface area contributed by atoms with Crippen LogP contribution in [0, 0.1) is 6.92 Å². The minimum absolute atomic E-state index is 0.0539. The number of nitrogens with one attached hydrogen (secondary N) is 1. The van der Waals surface area contributed by atoms with E-state index in [0.29, 0.717) is 10.7 Å². The van der Waals surface area contributed by atoms with Gasteiger partial charge in [-0.05, 0) is 36.8 Å². The molecule has 0 radical (unpaired) electrons. The molecule has 144 valence electrons. The maximum atomic E-state index is 12.9. The van der Waals surface area contributed by atoms with Gasteiger partial charge in [0.1, 0.15) is 5.75 Å². The van der Waals surface area contributed by atoms with Crippen molar-refractivity contribution in [2.24, 2.45) is 0 Å². The number of aromatic amines is 1. The van der Waals surface area contributed by atoms with E-state index < -0.39 is 0 Å². The minimum Gasteiger partial charge on any atom is -0.497 e. The van der Waals surface area contributed by atoms with Gasteiger partial charge in [-0.15, -0.1) is 10.2 Å². The third-order valence-electron chi connectivity index (χ3n) is 5.10. The number of H-pyrrole nitrogens is 1. The molecule has 0 aliphatic carbocycles. The van der Waals surface area contributed by atoms with Crippen LogP contribution in [0.15, 0.2) is 59.9 Å². The molecule has 3 heterocycles. The van der Waals surface area contributed by atoms with E-state index in [1.807, 2.05) is 52.9 Å².